The molecule has 1 fully saturated rings. The second-order valence-corrected chi connectivity index (χ2v) is 5.91. The Kier molecular flexibility index (Phi) is 4.25. The van der Waals surface area contributed by atoms with Crippen molar-refractivity contribution in [3.8, 4) is 0 Å². The zero-order chi connectivity index (χ0) is 15.5. The number of benzene rings is 2. The fourth-order valence-electron chi connectivity index (χ4n) is 3.24. The Hall–Kier alpha value is -2.13. The van der Waals surface area contributed by atoms with Gasteiger partial charge in [0, 0.05) is 18.7 Å². The molecular weight excluding hydrogens is 272 g/mol. The molecule has 0 bridgehead atoms. The number of aryl methyl sites for hydroxylation is 1. The molecule has 0 aliphatic carbocycles. The van der Waals surface area contributed by atoms with Crippen LogP contribution >= 0.6 is 0 Å². The summed E-state index contributed by atoms with van der Waals surface area (Å²) >= 11 is 0. The maximum atomic E-state index is 12.8. The van der Waals surface area contributed by atoms with E-state index >= 15 is 0 Å². The predicted molar refractivity (Wildman–Crippen MR) is 88.5 cm³/mol. The number of nitrogens with two attached hydrogens (primary N) is 1. The molecule has 0 spiro atoms. The quantitative estimate of drug-likeness (QED) is 0.942. The highest BCUT2D eigenvalue weighted by Gasteiger charge is 2.31. The molecule has 1 atom stereocenters. The summed E-state index contributed by atoms with van der Waals surface area (Å²) in [4.78, 5) is 14.8. The van der Waals surface area contributed by atoms with Gasteiger partial charge in [0.05, 0.1) is 6.04 Å². The molecule has 114 valence electrons. The van der Waals surface area contributed by atoms with E-state index in [9.17, 15) is 4.79 Å². The SMILES string of the molecule is Cc1ccccc1[C@H]1CCCN1C(=O)c1ccc(CN)cc1. The summed E-state index contributed by atoms with van der Waals surface area (Å²) in [5, 5.41) is 0. The van der Waals surface area contributed by atoms with Gasteiger partial charge in [-0.1, -0.05) is 36.4 Å². The molecule has 3 heteroatoms. The fraction of sp³-hybridized carbons (Fsp3) is 0.316. The minimum Gasteiger partial charge on any atom is -0.332 e. The van der Waals surface area contributed by atoms with Gasteiger partial charge in [0.15, 0.2) is 0 Å². The van der Waals surface area contributed by atoms with Gasteiger partial charge in [0.25, 0.3) is 5.91 Å². The van der Waals surface area contributed by atoms with E-state index in [0.29, 0.717) is 6.54 Å². The van der Waals surface area contributed by atoms with Gasteiger partial charge in [0.1, 0.15) is 0 Å². The third kappa shape index (κ3) is 2.77. The van der Waals surface area contributed by atoms with Crippen molar-refractivity contribution in [3.63, 3.8) is 0 Å². The molecule has 0 aromatic heterocycles. The van der Waals surface area contributed by atoms with Crippen molar-refractivity contribution < 1.29 is 4.79 Å². The van der Waals surface area contributed by atoms with E-state index in [1.807, 2.05) is 35.2 Å². The highest BCUT2D eigenvalue weighted by atomic mass is 16.2. The Morgan fingerprint density at radius 3 is 2.59 bits per heavy atom. The van der Waals surface area contributed by atoms with Crippen molar-refractivity contribution in [2.24, 2.45) is 5.73 Å². The van der Waals surface area contributed by atoms with Crippen molar-refractivity contribution >= 4 is 5.91 Å². The predicted octanol–water partition coefficient (Wildman–Crippen LogP) is 3.43. The topological polar surface area (TPSA) is 46.3 Å². The van der Waals surface area contributed by atoms with Crippen molar-refractivity contribution in [3.05, 3.63) is 70.8 Å². The van der Waals surface area contributed by atoms with Gasteiger partial charge in [-0.05, 0) is 48.6 Å². The molecule has 2 N–H and O–H groups in total. The number of likely N-dealkylation sites (tertiary alicyclic amines) is 1. The van der Waals surface area contributed by atoms with Gasteiger partial charge in [-0.3, -0.25) is 4.79 Å². The number of rotatable bonds is 3. The largest absolute Gasteiger partial charge is 0.332 e. The third-order valence-corrected chi connectivity index (χ3v) is 4.50. The van der Waals surface area contributed by atoms with Gasteiger partial charge >= 0.3 is 0 Å². The minimum atomic E-state index is 0.120. The molecule has 2 aromatic carbocycles. The fourth-order valence-corrected chi connectivity index (χ4v) is 3.24. The number of hydrogen-bond acceptors (Lipinski definition) is 2. The first-order chi connectivity index (χ1) is 10.7. The van der Waals surface area contributed by atoms with E-state index in [2.05, 4.69) is 25.1 Å². The maximum Gasteiger partial charge on any atom is 0.254 e. The average molecular weight is 294 g/mol. The van der Waals surface area contributed by atoms with E-state index in [0.717, 1.165) is 30.5 Å². The van der Waals surface area contributed by atoms with E-state index in [-0.39, 0.29) is 11.9 Å². The highest BCUT2D eigenvalue weighted by molar-refractivity contribution is 5.94. The van der Waals surface area contributed by atoms with E-state index in [1.54, 1.807) is 0 Å². The normalized spacial score (nSPS) is 17.7. The lowest BCUT2D eigenvalue weighted by Crippen LogP contribution is -2.30. The van der Waals surface area contributed by atoms with Crippen molar-refractivity contribution in [1.82, 2.24) is 4.90 Å². The second kappa shape index (κ2) is 6.32. The average Bonchev–Trinajstić information content (AvgIpc) is 3.04. The Morgan fingerprint density at radius 1 is 1.18 bits per heavy atom. The molecule has 0 saturated carbocycles. The molecule has 3 nitrogen and oxygen atoms in total. The van der Waals surface area contributed by atoms with Crippen LogP contribution in [0.1, 0.15) is 45.9 Å². The van der Waals surface area contributed by atoms with Crippen molar-refractivity contribution in [2.75, 3.05) is 6.54 Å². The lowest BCUT2D eigenvalue weighted by molar-refractivity contribution is 0.0735. The van der Waals surface area contributed by atoms with Gasteiger partial charge < -0.3 is 10.6 Å². The first kappa shape index (κ1) is 14.8. The lowest BCUT2D eigenvalue weighted by Gasteiger charge is -2.26. The van der Waals surface area contributed by atoms with Crippen LogP contribution in [0.4, 0.5) is 0 Å². The van der Waals surface area contributed by atoms with Crippen LogP contribution in [0.25, 0.3) is 0 Å². The number of hydrogen-bond donors (Lipinski definition) is 1. The first-order valence-corrected chi connectivity index (χ1v) is 7.86. The summed E-state index contributed by atoms with van der Waals surface area (Å²) < 4.78 is 0. The lowest BCUT2D eigenvalue weighted by atomic mass is 9.99. The summed E-state index contributed by atoms with van der Waals surface area (Å²) in [7, 11) is 0. The van der Waals surface area contributed by atoms with Gasteiger partial charge in [-0.2, -0.15) is 0 Å². The van der Waals surface area contributed by atoms with Crippen LogP contribution < -0.4 is 5.73 Å². The molecule has 1 amide bonds. The zero-order valence-corrected chi connectivity index (χ0v) is 13.0. The van der Waals surface area contributed by atoms with Crippen LogP contribution in [0, 0.1) is 6.92 Å². The monoisotopic (exact) mass is 294 g/mol. The Balaban J connectivity index is 1.86. The number of carbonyl (C=O) groups is 1. The Bertz CT molecular complexity index is 663. The molecule has 22 heavy (non-hydrogen) atoms. The van der Waals surface area contributed by atoms with Crippen LogP contribution in [0.5, 0.6) is 0 Å². The maximum absolute atomic E-state index is 12.8. The van der Waals surface area contributed by atoms with Crippen LogP contribution in [0.2, 0.25) is 0 Å². The second-order valence-electron chi connectivity index (χ2n) is 5.91. The minimum absolute atomic E-state index is 0.120. The summed E-state index contributed by atoms with van der Waals surface area (Å²) in [6.07, 6.45) is 2.10. The molecule has 0 unspecified atom stereocenters. The van der Waals surface area contributed by atoms with Crippen molar-refractivity contribution in [1.29, 1.82) is 0 Å². The smallest absolute Gasteiger partial charge is 0.254 e. The standard InChI is InChI=1S/C19H22N2O/c1-14-5-2-3-6-17(14)18-7-4-12-21(18)19(22)16-10-8-15(13-20)9-11-16/h2-3,5-6,8-11,18H,4,7,12-13,20H2,1H3/t18-/m1/s1. The van der Waals surface area contributed by atoms with E-state index < -0.39 is 0 Å². The summed E-state index contributed by atoms with van der Waals surface area (Å²) in [5.41, 5.74) is 9.94. The van der Waals surface area contributed by atoms with Gasteiger partial charge in [-0.25, -0.2) is 0 Å². The molecule has 3 rings (SSSR count). The van der Waals surface area contributed by atoms with Crippen LogP contribution in [0.15, 0.2) is 48.5 Å². The Morgan fingerprint density at radius 2 is 1.91 bits per heavy atom. The molecule has 1 aliphatic heterocycles. The number of nitrogens with zero attached hydrogens (tertiary/aromatic N) is 1. The number of amides is 1. The third-order valence-electron chi connectivity index (χ3n) is 4.50. The Labute approximate surface area is 131 Å². The molecule has 0 radical (unpaired) electrons. The summed E-state index contributed by atoms with van der Waals surface area (Å²) in [6.45, 7) is 3.45. The van der Waals surface area contributed by atoms with Crippen LogP contribution in [0.3, 0.4) is 0 Å². The molecular formula is C19H22N2O. The molecule has 1 saturated heterocycles. The zero-order valence-electron chi connectivity index (χ0n) is 13.0. The summed E-state index contributed by atoms with van der Waals surface area (Å²) in [6, 6.07) is 16.2. The molecule has 1 aliphatic rings. The molecule has 1 heterocycles. The van der Waals surface area contributed by atoms with Crippen LogP contribution in [-0.2, 0) is 6.54 Å². The highest BCUT2D eigenvalue weighted by Crippen LogP contribution is 2.34. The summed E-state index contributed by atoms with van der Waals surface area (Å²) in [5.74, 6) is 0.120. The van der Waals surface area contributed by atoms with Crippen LogP contribution in [-0.4, -0.2) is 17.4 Å². The van der Waals surface area contributed by atoms with Gasteiger partial charge in [0.2, 0.25) is 0 Å². The molecule has 2 aromatic rings. The van der Waals surface area contributed by atoms with Gasteiger partial charge in [-0.15, -0.1) is 0 Å². The number of carbonyl (C=O) groups excluding carboxylic acids is 1. The first-order valence-electron chi connectivity index (χ1n) is 7.86. The van der Waals surface area contributed by atoms with E-state index in [1.165, 1.54) is 11.1 Å². The van der Waals surface area contributed by atoms with E-state index in [4.69, 9.17) is 5.73 Å². The van der Waals surface area contributed by atoms with Crippen molar-refractivity contribution in [2.45, 2.75) is 32.4 Å².